The van der Waals surface area contributed by atoms with E-state index in [4.69, 9.17) is 0 Å². The minimum atomic E-state index is -3.14. The van der Waals surface area contributed by atoms with Gasteiger partial charge in [-0.2, -0.15) is 0 Å². The van der Waals surface area contributed by atoms with E-state index in [1.807, 2.05) is 0 Å². The Hall–Kier alpha value is -0.420. The molecule has 4 nitrogen and oxygen atoms in total. The molecule has 12 heavy (non-hydrogen) atoms. The Morgan fingerprint density at radius 3 is 2.67 bits per heavy atom. The third-order valence-corrected chi connectivity index (χ3v) is 2.71. The zero-order valence-corrected chi connectivity index (χ0v) is 7.86. The molecule has 0 heterocycles. The average molecular weight is 191 g/mol. The summed E-state index contributed by atoms with van der Waals surface area (Å²) in [6.45, 7) is 0.275. The molecule has 0 spiro atoms. The largest absolute Gasteiger partial charge is 0.299 e. The van der Waals surface area contributed by atoms with Crippen LogP contribution < -0.4 is 4.72 Å². The van der Waals surface area contributed by atoms with Gasteiger partial charge >= 0.3 is 0 Å². The van der Waals surface area contributed by atoms with Crippen LogP contribution in [0.2, 0.25) is 0 Å². The number of nitrogens with one attached hydrogen (secondary N) is 1. The van der Waals surface area contributed by atoms with E-state index in [2.05, 4.69) is 4.72 Å². The van der Waals surface area contributed by atoms with Crippen LogP contribution in [0.5, 0.6) is 0 Å². The number of sulfonamides is 1. The van der Waals surface area contributed by atoms with Crippen LogP contribution in [0.3, 0.4) is 0 Å². The Bertz CT molecular complexity index is 270. The lowest BCUT2D eigenvalue weighted by molar-refractivity contribution is -0.120. The van der Waals surface area contributed by atoms with Crippen molar-refractivity contribution in [2.24, 2.45) is 5.92 Å². The second-order valence-electron chi connectivity index (χ2n) is 3.18. The van der Waals surface area contributed by atoms with Crippen LogP contribution in [-0.4, -0.2) is 27.0 Å². The predicted octanol–water partition coefficient (Wildman–Crippen LogP) is -0.0952. The molecule has 1 aliphatic rings. The van der Waals surface area contributed by atoms with E-state index >= 15 is 0 Å². The smallest absolute Gasteiger partial charge is 0.208 e. The first-order valence-electron chi connectivity index (χ1n) is 3.96. The van der Waals surface area contributed by atoms with Crippen LogP contribution in [0.4, 0.5) is 0 Å². The molecule has 70 valence electrons. The first-order chi connectivity index (χ1) is 5.49. The van der Waals surface area contributed by atoms with E-state index in [0.29, 0.717) is 6.42 Å². The molecule has 0 amide bonds. The number of hydrogen-bond acceptors (Lipinski definition) is 3. The van der Waals surface area contributed by atoms with Gasteiger partial charge in [-0.05, 0) is 12.8 Å². The molecule has 0 aliphatic heterocycles. The topological polar surface area (TPSA) is 63.2 Å². The molecule has 5 heteroatoms. The fraction of sp³-hybridized carbons (Fsp3) is 0.857. The lowest BCUT2D eigenvalue weighted by Crippen LogP contribution is -2.29. The molecule has 1 rings (SSSR count). The van der Waals surface area contributed by atoms with Crippen molar-refractivity contribution in [3.63, 3.8) is 0 Å². The molecule has 1 atom stereocenters. The van der Waals surface area contributed by atoms with Crippen molar-refractivity contribution in [2.75, 3.05) is 12.8 Å². The summed E-state index contributed by atoms with van der Waals surface area (Å²) in [5.74, 6) is 0.103. The van der Waals surface area contributed by atoms with Crippen LogP contribution >= 0.6 is 0 Å². The van der Waals surface area contributed by atoms with Gasteiger partial charge in [0, 0.05) is 18.9 Å². The second-order valence-corrected chi connectivity index (χ2v) is 5.01. The lowest BCUT2D eigenvalue weighted by Gasteiger charge is -2.06. The summed E-state index contributed by atoms with van der Waals surface area (Å²) >= 11 is 0. The highest BCUT2D eigenvalue weighted by Gasteiger charge is 2.24. The molecule has 0 saturated heterocycles. The third-order valence-electron chi connectivity index (χ3n) is 2.02. The predicted molar refractivity (Wildman–Crippen MR) is 45.2 cm³/mol. The number of ketones is 1. The minimum absolute atomic E-state index is 0.0836. The van der Waals surface area contributed by atoms with Crippen LogP contribution in [0.15, 0.2) is 0 Å². The lowest BCUT2D eigenvalue weighted by atomic mass is 10.1. The van der Waals surface area contributed by atoms with Crippen LogP contribution in [-0.2, 0) is 14.8 Å². The normalized spacial score (nSPS) is 24.8. The minimum Gasteiger partial charge on any atom is -0.299 e. The van der Waals surface area contributed by atoms with Gasteiger partial charge in [-0.3, -0.25) is 4.79 Å². The van der Waals surface area contributed by atoms with Gasteiger partial charge in [0.2, 0.25) is 10.0 Å². The van der Waals surface area contributed by atoms with E-state index in [0.717, 1.165) is 19.1 Å². The summed E-state index contributed by atoms with van der Waals surface area (Å²) in [4.78, 5) is 11.1. The van der Waals surface area contributed by atoms with Gasteiger partial charge in [0.15, 0.2) is 0 Å². The van der Waals surface area contributed by atoms with Gasteiger partial charge in [-0.15, -0.1) is 0 Å². The van der Waals surface area contributed by atoms with E-state index in [1.54, 1.807) is 0 Å². The summed E-state index contributed by atoms with van der Waals surface area (Å²) < 4.78 is 23.7. The van der Waals surface area contributed by atoms with Crippen molar-refractivity contribution < 1.29 is 13.2 Å². The molecule has 1 fully saturated rings. The van der Waals surface area contributed by atoms with E-state index in [1.165, 1.54) is 0 Å². The van der Waals surface area contributed by atoms with Crippen molar-refractivity contribution in [3.05, 3.63) is 0 Å². The molecule has 0 bridgehead atoms. The van der Waals surface area contributed by atoms with Gasteiger partial charge in [0.05, 0.1) is 6.26 Å². The third kappa shape index (κ3) is 2.91. The van der Waals surface area contributed by atoms with Gasteiger partial charge < -0.3 is 0 Å². The summed E-state index contributed by atoms with van der Waals surface area (Å²) in [7, 11) is -3.14. The number of carbonyl (C=O) groups excluding carboxylic acids is 1. The molecule has 1 unspecified atom stereocenters. The van der Waals surface area contributed by atoms with Crippen molar-refractivity contribution >= 4 is 15.8 Å². The fourth-order valence-electron chi connectivity index (χ4n) is 1.36. The Balaban J connectivity index is 2.37. The Morgan fingerprint density at radius 2 is 2.25 bits per heavy atom. The van der Waals surface area contributed by atoms with Gasteiger partial charge in [-0.25, -0.2) is 13.1 Å². The Morgan fingerprint density at radius 1 is 1.58 bits per heavy atom. The summed E-state index contributed by atoms with van der Waals surface area (Å²) in [5, 5.41) is 0. The molecule has 1 saturated carbocycles. The Labute approximate surface area is 72.4 Å². The highest BCUT2D eigenvalue weighted by atomic mass is 32.2. The van der Waals surface area contributed by atoms with Gasteiger partial charge in [-0.1, -0.05) is 0 Å². The quantitative estimate of drug-likeness (QED) is 0.677. The van der Waals surface area contributed by atoms with E-state index in [9.17, 15) is 13.2 Å². The fourth-order valence-corrected chi connectivity index (χ4v) is 1.86. The highest BCUT2D eigenvalue weighted by molar-refractivity contribution is 7.88. The maximum absolute atomic E-state index is 11.1. The van der Waals surface area contributed by atoms with E-state index in [-0.39, 0.29) is 18.2 Å². The molecule has 0 aromatic heterocycles. The standard InChI is InChI=1S/C7H13NO3S/c1-12(10,11)8-5-6-3-2-4-7(6)9/h6,8H,2-5H2,1H3. The second kappa shape index (κ2) is 3.53. The van der Waals surface area contributed by atoms with E-state index < -0.39 is 10.0 Å². The number of hydrogen-bond donors (Lipinski definition) is 1. The van der Waals surface area contributed by atoms with Crippen molar-refractivity contribution in [3.8, 4) is 0 Å². The van der Waals surface area contributed by atoms with Crippen molar-refractivity contribution in [1.29, 1.82) is 0 Å². The van der Waals surface area contributed by atoms with Crippen molar-refractivity contribution in [1.82, 2.24) is 4.72 Å². The number of Topliss-reactive ketones (excluding diaryl/α,β-unsaturated/α-hetero) is 1. The molecule has 1 N–H and O–H groups in total. The SMILES string of the molecule is CS(=O)(=O)NCC1CCCC1=O. The van der Waals surface area contributed by atoms with Crippen LogP contribution in [0.25, 0.3) is 0 Å². The number of rotatable bonds is 3. The van der Waals surface area contributed by atoms with Gasteiger partial charge in [0.25, 0.3) is 0 Å². The summed E-state index contributed by atoms with van der Waals surface area (Å²) in [6.07, 6.45) is 3.43. The maximum Gasteiger partial charge on any atom is 0.208 e. The molecular weight excluding hydrogens is 178 g/mol. The van der Waals surface area contributed by atoms with Gasteiger partial charge in [0.1, 0.15) is 5.78 Å². The zero-order chi connectivity index (χ0) is 9.19. The molecule has 1 aliphatic carbocycles. The average Bonchev–Trinajstić information content (AvgIpc) is 2.29. The number of carbonyl (C=O) groups is 1. The first-order valence-corrected chi connectivity index (χ1v) is 5.85. The first kappa shape index (κ1) is 9.67. The van der Waals surface area contributed by atoms with Crippen molar-refractivity contribution in [2.45, 2.75) is 19.3 Å². The molecule has 0 aromatic rings. The van der Waals surface area contributed by atoms with Crippen LogP contribution in [0.1, 0.15) is 19.3 Å². The zero-order valence-electron chi connectivity index (χ0n) is 7.04. The van der Waals surface area contributed by atoms with Crippen LogP contribution in [0, 0.1) is 5.92 Å². The molecule has 0 aromatic carbocycles. The summed E-state index contributed by atoms with van der Waals surface area (Å²) in [6, 6.07) is 0. The highest BCUT2D eigenvalue weighted by Crippen LogP contribution is 2.20. The summed E-state index contributed by atoms with van der Waals surface area (Å²) in [5.41, 5.74) is 0. The maximum atomic E-state index is 11.1. The molecular formula is C7H13NO3S. The monoisotopic (exact) mass is 191 g/mol. The molecule has 0 radical (unpaired) electrons. The Kier molecular flexibility index (Phi) is 2.85.